The highest BCUT2D eigenvalue weighted by molar-refractivity contribution is 7.14. The van der Waals surface area contributed by atoms with Gasteiger partial charge in [0, 0.05) is 16.3 Å². The van der Waals surface area contributed by atoms with Crippen molar-refractivity contribution in [3.05, 3.63) is 64.2 Å². The second-order valence-electron chi connectivity index (χ2n) is 5.49. The lowest BCUT2D eigenvalue weighted by Crippen LogP contribution is -2.28. The van der Waals surface area contributed by atoms with Crippen molar-refractivity contribution >= 4 is 33.8 Å². The van der Waals surface area contributed by atoms with E-state index in [0.29, 0.717) is 16.5 Å². The molecular weight excluding hydrogens is 387 g/mol. The summed E-state index contributed by atoms with van der Waals surface area (Å²) < 4.78 is 14.6. The van der Waals surface area contributed by atoms with Gasteiger partial charge >= 0.3 is 6.03 Å². The third kappa shape index (κ3) is 4.18. The average Bonchev–Trinajstić information content (AvgIpc) is 3.42. The summed E-state index contributed by atoms with van der Waals surface area (Å²) in [5.74, 6) is -0.303. The van der Waals surface area contributed by atoms with Gasteiger partial charge in [-0.1, -0.05) is 5.21 Å². The van der Waals surface area contributed by atoms with E-state index in [4.69, 9.17) is 0 Å². The number of thiophene rings is 1. The fourth-order valence-corrected chi connectivity index (χ4v) is 3.63. The fraction of sp³-hybridized carbons (Fsp3) is 0.0588. The highest BCUT2D eigenvalue weighted by Gasteiger charge is 2.09. The first-order valence-corrected chi connectivity index (χ1v) is 9.70. The number of nitrogens with zero attached hydrogens (tertiary/aromatic N) is 4. The summed E-state index contributed by atoms with van der Waals surface area (Å²) in [4.78, 5) is 16.4. The molecule has 0 fully saturated rings. The number of halogens is 1. The van der Waals surface area contributed by atoms with Gasteiger partial charge in [-0.15, -0.1) is 16.4 Å². The van der Waals surface area contributed by atoms with E-state index in [1.807, 2.05) is 16.8 Å². The lowest BCUT2D eigenvalue weighted by Gasteiger charge is -2.03. The van der Waals surface area contributed by atoms with E-state index >= 15 is 0 Å². The molecule has 0 radical (unpaired) electrons. The third-order valence-electron chi connectivity index (χ3n) is 3.61. The minimum Gasteiger partial charge on any atom is -0.332 e. The highest BCUT2D eigenvalue weighted by atomic mass is 32.1. The molecule has 1 aromatic carbocycles. The van der Waals surface area contributed by atoms with Gasteiger partial charge in [0.15, 0.2) is 5.13 Å². The van der Waals surface area contributed by atoms with Gasteiger partial charge < -0.3 is 5.32 Å². The molecule has 0 bridgehead atoms. The zero-order valence-electron chi connectivity index (χ0n) is 13.8. The second kappa shape index (κ2) is 7.64. The standard InChI is InChI=1S/C17H13FN6OS2/c18-12-3-1-11(2-4-12)15-10-27-17(20-15)21-16(25)19-7-13-8-24(23-22-13)14-5-6-26-9-14/h1-6,8-10H,7H2,(H2,19,20,21,25). The maximum absolute atomic E-state index is 13.0. The van der Waals surface area contributed by atoms with Crippen molar-refractivity contribution < 1.29 is 9.18 Å². The van der Waals surface area contributed by atoms with Crippen LogP contribution in [0.5, 0.6) is 0 Å². The molecule has 0 aliphatic heterocycles. The van der Waals surface area contributed by atoms with Gasteiger partial charge in [0.2, 0.25) is 0 Å². The average molecular weight is 400 g/mol. The number of urea groups is 1. The van der Waals surface area contributed by atoms with Crippen LogP contribution in [0.25, 0.3) is 16.9 Å². The maximum Gasteiger partial charge on any atom is 0.321 e. The van der Waals surface area contributed by atoms with E-state index in [2.05, 4.69) is 25.9 Å². The number of hydrogen-bond acceptors (Lipinski definition) is 6. The molecule has 0 unspecified atom stereocenters. The molecule has 0 aliphatic carbocycles. The summed E-state index contributed by atoms with van der Waals surface area (Å²) in [7, 11) is 0. The molecule has 4 aromatic rings. The number of nitrogens with one attached hydrogen (secondary N) is 2. The van der Waals surface area contributed by atoms with Gasteiger partial charge in [0.1, 0.15) is 11.5 Å². The normalized spacial score (nSPS) is 10.7. The number of hydrogen-bond donors (Lipinski definition) is 2. The van der Waals surface area contributed by atoms with E-state index in [-0.39, 0.29) is 18.4 Å². The van der Waals surface area contributed by atoms with Crippen LogP contribution in [0.1, 0.15) is 5.69 Å². The summed E-state index contributed by atoms with van der Waals surface area (Å²) in [6, 6.07) is 7.58. The van der Waals surface area contributed by atoms with Crippen LogP contribution < -0.4 is 10.6 Å². The second-order valence-corrected chi connectivity index (χ2v) is 7.13. The van der Waals surface area contributed by atoms with Crippen molar-refractivity contribution in [1.82, 2.24) is 25.3 Å². The minimum atomic E-state index is -0.389. The van der Waals surface area contributed by atoms with E-state index in [1.54, 1.807) is 39.7 Å². The molecule has 0 spiro atoms. The first-order chi connectivity index (χ1) is 13.2. The lowest BCUT2D eigenvalue weighted by molar-refractivity contribution is 0.251. The summed E-state index contributed by atoms with van der Waals surface area (Å²) in [6.07, 6.45) is 1.76. The van der Waals surface area contributed by atoms with Gasteiger partial charge in [0.05, 0.1) is 24.1 Å². The van der Waals surface area contributed by atoms with Crippen LogP contribution in [0.2, 0.25) is 0 Å². The van der Waals surface area contributed by atoms with Crippen molar-refractivity contribution in [2.45, 2.75) is 6.54 Å². The number of anilines is 1. The van der Waals surface area contributed by atoms with Gasteiger partial charge in [-0.2, -0.15) is 11.3 Å². The van der Waals surface area contributed by atoms with Gasteiger partial charge in [-0.25, -0.2) is 18.9 Å². The quantitative estimate of drug-likeness (QED) is 0.532. The Morgan fingerprint density at radius 3 is 2.81 bits per heavy atom. The van der Waals surface area contributed by atoms with Gasteiger partial charge in [0.25, 0.3) is 0 Å². The van der Waals surface area contributed by atoms with E-state index in [1.165, 1.54) is 23.5 Å². The number of aromatic nitrogens is 4. The van der Waals surface area contributed by atoms with Crippen molar-refractivity contribution in [3.8, 4) is 16.9 Å². The van der Waals surface area contributed by atoms with Gasteiger partial charge in [-0.3, -0.25) is 5.32 Å². The van der Waals surface area contributed by atoms with E-state index in [0.717, 1.165) is 11.3 Å². The highest BCUT2D eigenvalue weighted by Crippen LogP contribution is 2.24. The summed E-state index contributed by atoms with van der Waals surface area (Å²) in [6.45, 7) is 0.242. The van der Waals surface area contributed by atoms with Crippen molar-refractivity contribution in [3.63, 3.8) is 0 Å². The largest absolute Gasteiger partial charge is 0.332 e. The summed E-state index contributed by atoms with van der Waals surface area (Å²) >= 11 is 2.86. The first kappa shape index (κ1) is 17.3. The molecule has 2 amide bonds. The zero-order chi connectivity index (χ0) is 18.6. The number of benzene rings is 1. The Hall–Kier alpha value is -3.11. The summed E-state index contributed by atoms with van der Waals surface area (Å²) in [5, 5.41) is 19.6. The van der Waals surface area contributed by atoms with E-state index < -0.39 is 0 Å². The molecule has 4 rings (SSSR count). The SMILES string of the molecule is O=C(NCc1cn(-c2ccsc2)nn1)Nc1nc(-c2ccc(F)cc2)cs1. The fourth-order valence-electron chi connectivity index (χ4n) is 2.29. The minimum absolute atomic E-state index is 0.242. The molecular formula is C17H13FN6OS2. The Bertz CT molecular complexity index is 1040. The summed E-state index contributed by atoms with van der Waals surface area (Å²) in [5.41, 5.74) is 3.03. The molecule has 3 aromatic heterocycles. The molecule has 27 heavy (non-hydrogen) atoms. The molecule has 136 valence electrons. The Morgan fingerprint density at radius 2 is 2.04 bits per heavy atom. The molecule has 2 N–H and O–H groups in total. The molecule has 3 heterocycles. The van der Waals surface area contributed by atoms with Crippen LogP contribution in [-0.2, 0) is 6.54 Å². The van der Waals surface area contributed by atoms with Crippen LogP contribution in [0.15, 0.2) is 52.7 Å². The number of amides is 2. The maximum atomic E-state index is 13.0. The predicted octanol–water partition coefficient (Wildman–Crippen LogP) is 3.91. The monoisotopic (exact) mass is 400 g/mol. The van der Waals surface area contributed by atoms with Crippen molar-refractivity contribution in [2.75, 3.05) is 5.32 Å². The Kier molecular flexibility index (Phi) is 4.90. The Morgan fingerprint density at radius 1 is 1.19 bits per heavy atom. The van der Waals surface area contributed by atoms with Crippen LogP contribution >= 0.6 is 22.7 Å². The Labute approximate surface area is 161 Å². The van der Waals surface area contributed by atoms with Crippen LogP contribution in [0, 0.1) is 5.82 Å². The number of rotatable bonds is 5. The van der Waals surface area contributed by atoms with Crippen molar-refractivity contribution in [2.24, 2.45) is 0 Å². The molecule has 10 heteroatoms. The molecule has 0 saturated carbocycles. The molecule has 0 saturated heterocycles. The van der Waals surface area contributed by atoms with Gasteiger partial charge in [-0.05, 0) is 35.7 Å². The predicted molar refractivity (Wildman–Crippen MR) is 103 cm³/mol. The van der Waals surface area contributed by atoms with Crippen LogP contribution in [-0.4, -0.2) is 26.0 Å². The zero-order valence-corrected chi connectivity index (χ0v) is 15.4. The Balaban J connectivity index is 1.33. The molecule has 7 nitrogen and oxygen atoms in total. The van der Waals surface area contributed by atoms with E-state index in [9.17, 15) is 9.18 Å². The lowest BCUT2D eigenvalue weighted by atomic mass is 10.2. The van der Waals surface area contributed by atoms with Crippen molar-refractivity contribution in [1.29, 1.82) is 0 Å². The van der Waals surface area contributed by atoms with Crippen LogP contribution in [0.4, 0.5) is 14.3 Å². The molecule has 0 atom stereocenters. The smallest absolute Gasteiger partial charge is 0.321 e. The number of carbonyl (C=O) groups is 1. The third-order valence-corrected chi connectivity index (χ3v) is 5.03. The number of thiazole rings is 1. The first-order valence-electron chi connectivity index (χ1n) is 7.87. The molecule has 0 aliphatic rings. The number of carbonyl (C=O) groups excluding carboxylic acids is 1. The van der Waals surface area contributed by atoms with Crippen LogP contribution in [0.3, 0.4) is 0 Å². The topological polar surface area (TPSA) is 84.7 Å².